The number of ketones is 1. The van der Waals surface area contributed by atoms with Crippen LogP contribution in [0.4, 0.5) is 0 Å². The van der Waals surface area contributed by atoms with Gasteiger partial charge in [-0.15, -0.1) is 0 Å². The molecule has 0 spiro atoms. The number of nitrogens with zero attached hydrogens (tertiary/aromatic N) is 2. The van der Waals surface area contributed by atoms with E-state index in [4.69, 9.17) is 16.9 Å². The van der Waals surface area contributed by atoms with Gasteiger partial charge in [0, 0.05) is 17.6 Å². The van der Waals surface area contributed by atoms with Gasteiger partial charge < -0.3 is 0 Å². The summed E-state index contributed by atoms with van der Waals surface area (Å²) in [4.78, 5) is 16.2. The first-order valence-electron chi connectivity index (χ1n) is 6.28. The SMILES string of the molecule is N#CC(C(=O)CCc1cccc(Cl)c1)c1ccccn1. The highest BCUT2D eigenvalue weighted by molar-refractivity contribution is 6.30. The van der Waals surface area contributed by atoms with Crippen LogP contribution in [0, 0.1) is 11.3 Å². The van der Waals surface area contributed by atoms with Gasteiger partial charge in [-0.2, -0.15) is 5.26 Å². The molecule has 0 aliphatic rings. The van der Waals surface area contributed by atoms with Gasteiger partial charge >= 0.3 is 0 Å². The van der Waals surface area contributed by atoms with Crippen LogP contribution in [-0.2, 0) is 11.2 Å². The van der Waals surface area contributed by atoms with Crippen molar-refractivity contribution < 1.29 is 4.79 Å². The van der Waals surface area contributed by atoms with E-state index >= 15 is 0 Å². The van der Waals surface area contributed by atoms with Crippen molar-refractivity contribution in [2.75, 3.05) is 0 Å². The molecule has 2 aromatic rings. The van der Waals surface area contributed by atoms with E-state index in [9.17, 15) is 4.79 Å². The van der Waals surface area contributed by atoms with E-state index in [1.54, 1.807) is 30.5 Å². The van der Waals surface area contributed by atoms with E-state index in [-0.39, 0.29) is 5.78 Å². The maximum atomic E-state index is 12.1. The van der Waals surface area contributed by atoms with Gasteiger partial charge in [-0.1, -0.05) is 29.8 Å². The van der Waals surface area contributed by atoms with Crippen LogP contribution in [0.3, 0.4) is 0 Å². The summed E-state index contributed by atoms with van der Waals surface area (Å²) in [5, 5.41) is 9.81. The number of carbonyl (C=O) groups is 1. The maximum absolute atomic E-state index is 12.1. The van der Waals surface area contributed by atoms with Gasteiger partial charge in [0.15, 0.2) is 5.78 Å². The smallest absolute Gasteiger partial charge is 0.156 e. The van der Waals surface area contributed by atoms with E-state index in [1.165, 1.54) is 0 Å². The molecule has 1 aromatic heterocycles. The summed E-state index contributed by atoms with van der Waals surface area (Å²) >= 11 is 5.90. The number of carbonyl (C=O) groups excluding carboxylic acids is 1. The zero-order valence-electron chi connectivity index (χ0n) is 10.8. The zero-order valence-corrected chi connectivity index (χ0v) is 11.5. The number of benzene rings is 1. The number of aromatic nitrogens is 1. The zero-order chi connectivity index (χ0) is 14.4. The fraction of sp³-hybridized carbons (Fsp3) is 0.188. The second kappa shape index (κ2) is 6.83. The maximum Gasteiger partial charge on any atom is 0.156 e. The van der Waals surface area contributed by atoms with Crippen molar-refractivity contribution in [3.8, 4) is 6.07 Å². The Labute approximate surface area is 122 Å². The molecule has 4 heteroatoms. The lowest BCUT2D eigenvalue weighted by atomic mass is 9.96. The molecule has 1 aromatic carbocycles. The number of hydrogen-bond donors (Lipinski definition) is 0. The molecule has 0 radical (unpaired) electrons. The Bertz CT molecular complexity index is 634. The minimum Gasteiger partial charge on any atom is -0.298 e. The minimum absolute atomic E-state index is 0.119. The first kappa shape index (κ1) is 14.2. The molecule has 2 rings (SSSR count). The van der Waals surface area contributed by atoms with Gasteiger partial charge in [-0.25, -0.2) is 0 Å². The molecule has 3 nitrogen and oxygen atoms in total. The van der Waals surface area contributed by atoms with Crippen LogP contribution in [0.5, 0.6) is 0 Å². The summed E-state index contributed by atoms with van der Waals surface area (Å²) in [5.41, 5.74) is 1.50. The largest absolute Gasteiger partial charge is 0.298 e. The lowest BCUT2D eigenvalue weighted by Crippen LogP contribution is -2.13. The highest BCUT2D eigenvalue weighted by Crippen LogP contribution is 2.18. The van der Waals surface area contributed by atoms with Crippen molar-refractivity contribution in [1.29, 1.82) is 5.26 Å². The normalized spacial score (nSPS) is 11.6. The summed E-state index contributed by atoms with van der Waals surface area (Å²) in [5.74, 6) is -0.915. The summed E-state index contributed by atoms with van der Waals surface area (Å²) in [6, 6.07) is 14.6. The highest BCUT2D eigenvalue weighted by atomic mass is 35.5. The Hall–Kier alpha value is -2.18. The Kier molecular flexibility index (Phi) is 4.86. The number of halogens is 1. The van der Waals surface area contributed by atoms with Crippen molar-refractivity contribution in [3.63, 3.8) is 0 Å². The summed E-state index contributed by atoms with van der Waals surface area (Å²) in [6.07, 6.45) is 2.46. The van der Waals surface area contributed by atoms with E-state index in [1.807, 2.05) is 24.3 Å². The van der Waals surface area contributed by atoms with Crippen LogP contribution in [0.25, 0.3) is 0 Å². The lowest BCUT2D eigenvalue weighted by molar-refractivity contribution is -0.119. The summed E-state index contributed by atoms with van der Waals surface area (Å²) < 4.78 is 0. The van der Waals surface area contributed by atoms with Crippen molar-refractivity contribution in [1.82, 2.24) is 4.98 Å². The number of pyridine rings is 1. The van der Waals surface area contributed by atoms with Crippen LogP contribution >= 0.6 is 11.6 Å². The molecular formula is C16H13ClN2O. The summed E-state index contributed by atoms with van der Waals surface area (Å²) in [7, 11) is 0. The third-order valence-electron chi connectivity index (χ3n) is 2.98. The Morgan fingerprint density at radius 3 is 2.80 bits per heavy atom. The average Bonchev–Trinajstić information content (AvgIpc) is 2.47. The molecule has 0 aliphatic carbocycles. The molecule has 0 aliphatic heterocycles. The Morgan fingerprint density at radius 1 is 1.30 bits per heavy atom. The minimum atomic E-state index is -0.796. The number of aryl methyl sites for hydroxylation is 1. The van der Waals surface area contributed by atoms with E-state index in [0.29, 0.717) is 23.6 Å². The van der Waals surface area contributed by atoms with Crippen LogP contribution < -0.4 is 0 Å². The van der Waals surface area contributed by atoms with Gasteiger partial charge in [-0.3, -0.25) is 9.78 Å². The van der Waals surface area contributed by atoms with Crippen molar-refractivity contribution in [2.24, 2.45) is 0 Å². The lowest BCUT2D eigenvalue weighted by Gasteiger charge is -2.07. The third-order valence-corrected chi connectivity index (χ3v) is 3.22. The van der Waals surface area contributed by atoms with Crippen molar-refractivity contribution in [3.05, 3.63) is 64.9 Å². The average molecular weight is 285 g/mol. The van der Waals surface area contributed by atoms with Gasteiger partial charge in [0.05, 0.1) is 11.8 Å². The molecule has 0 N–H and O–H groups in total. The van der Waals surface area contributed by atoms with Crippen LogP contribution in [0.15, 0.2) is 48.7 Å². The van der Waals surface area contributed by atoms with Crippen LogP contribution in [0.2, 0.25) is 5.02 Å². The van der Waals surface area contributed by atoms with Crippen LogP contribution in [-0.4, -0.2) is 10.8 Å². The molecular weight excluding hydrogens is 272 g/mol. The molecule has 1 unspecified atom stereocenters. The molecule has 0 saturated heterocycles. The molecule has 0 bridgehead atoms. The quantitative estimate of drug-likeness (QED) is 0.844. The molecule has 0 fully saturated rings. The van der Waals surface area contributed by atoms with Gasteiger partial charge in [-0.05, 0) is 36.2 Å². The van der Waals surface area contributed by atoms with E-state index in [0.717, 1.165) is 5.56 Å². The first-order chi connectivity index (χ1) is 9.70. The summed E-state index contributed by atoms with van der Waals surface area (Å²) in [6.45, 7) is 0. The number of Topliss-reactive ketones (excluding diaryl/α,β-unsaturated/α-hetero) is 1. The van der Waals surface area contributed by atoms with Gasteiger partial charge in [0.25, 0.3) is 0 Å². The Balaban J connectivity index is 2.02. The predicted molar refractivity (Wildman–Crippen MR) is 77.4 cm³/mol. The molecule has 1 heterocycles. The van der Waals surface area contributed by atoms with Gasteiger partial charge in [0.1, 0.15) is 5.92 Å². The molecule has 20 heavy (non-hydrogen) atoms. The van der Waals surface area contributed by atoms with E-state index in [2.05, 4.69) is 4.98 Å². The molecule has 1 atom stereocenters. The monoisotopic (exact) mass is 284 g/mol. The number of hydrogen-bond acceptors (Lipinski definition) is 3. The highest BCUT2D eigenvalue weighted by Gasteiger charge is 2.20. The van der Waals surface area contributed by atoms with Crippen molar-refractivity contribution >= 4 is 17.4 Å². The third kappa shape index (κ3) is 3.66. The fourth-order valence-corrected chi connectivity index (χ4v) is 2.17. The number of rotatable bonds is 5. The second-order valence-corrected chi connectivity index (χ2v) is 4.85. The second-order valence-electron chi connectivity index (χ2n) is 4.41. The molecule has 100 valence electrons. The molecule has 0 saturated carbocycles. The Morgan fingerprint density at radius 2 is 2.15 bits per heavy atom. The first-order valence-corrected chi connectivity index (χ1v) is 6.66. The van der Waals surface area contributed by atoms with E-state index < -0.39 is 5.92 Å². The predicted octanol–water partition coefficient (Wildman–Crippen LogP) is 3.54. The fourth-order valence-electron chi connectivity index (χ4n) is 1.95. The standard InChI is InChI=1S/C16H13ClN2O/c17-13-5-3-4-12(10-13)7-8-16(20)14(11-18)15-6-1-2-9-19-15/h1-6,9-10,14H,7-8H2. The molecule has 0 amide bonds. The topological polar surface area (TPSA) is 53.8 Å². The van der Waals surface area contributed by atoms with Crippen molar-refractivity contribution in [2.45, 2.75) is 18.8 Å². The van der Waals surface area contributed by atoms with Crippen LogP contribution in [0.1, 0.15) is 23.6 Å². The van der Waals surface area contributed by atoms with Gasteiger partial charge in [0.2, 0.25) is 0 Å². The number of nitriles is 1.